The van der Waals surface area contributed by atoms with Crippen LogP contribution in [0, 0.1) is 0 Å². The van der Waals surface area contributed by atoms with E-state index in [1.807, 2.05) is 32.9 Å². The number of H-pyrrole nitrogens is 1. The van der Waals surface area contributed by atoms with Crippen molar-refractivity contribution in [1.82, 2.24) is 15.5 Å². The number of hydrogen-bond acceptors (Lipinski definition) is 3. The van der Waals surface area contributed by atoms with Gasteiger partial charge in [-0.3, -0.25) is 5.10 Å². The number of aromatic amines is 1. The van der Waals surface area contributed by atoms with Gasteiger partial charge in [0, 0.05) is 18.3 Å². The fourth-order valence-corrected chi connectivity index (χ4v) is 1.14. The second kappa shape index (κ2) is 6.08. The molecular formula is C12H19N3O2. The van der Waals surface area contributed by atoms with Gasteiger partial charge in [0.25, 0.3) is 0 Å². The standard InChI is InChI=1S/C12H19N3O2/c1-12(2,3)17-11(16)13-7-5-4-6-10-8-14-15-9-10/h4,6,8-9H,5,7H2,1-3H3,(H,13,16)(H,14,15). The number of nitrogens with one attached hydrogen (secondary N) is 2. The lowest BCUT2D eigenvalue weighted by Crippen LogP contribution is -2.32. The predicted octanol–water partition coefficient (Wildman–Crippen LogP) is 2.34. The Balaban J connectivity index is 2.14. The molecule has 5 nitrogen and oxygen atoms in total. The maximum absolute atomic E-state index is 11.3. The zero-order chi connectivity index (χ0) is 12.7. The molecule has 0 aliphatic carbocycles. The Hall–Kier alpha value is -1.78. The Kier molecular flexibility index (Phi) is 4.75. The van der Waals surface area contributed by atoms with Gasteiger partial charge in [0.15, 0.2) is 0 Å². The summed E-state index contributed by atoms with van der Waals surface area (Å²) >= 11 is 0. The van der Waals surface area contributed by atoms with Crippen molar-refractivity contribution < 1.29 is 9.53 Å². The number of alkyl carbamates (subject to hydrolysis) is 1. The summed E-state index contributed by atoms with van der Waals surface area (Å²) in [7, 11) is 0. The first-order valence-electron chi connectivity index (χ1n) is 5.59. The van der Waals surface area contributed by atoms with Gasteiger partial charge in [0.2, 0.25) is 0 Å². The number of aromatic nitrogens is 2. The van der Waals surface area contributed by atoms with E-state index in [2.05, 4.69) is 15.5 Å². The van der Waals surface area contributed by atoms with Crippen LogP contribution in [-0.2, 0) is 4.74 Å². The van der Waals surface area contributed by atoms with Gasteiger partial charge in [-0.25, -0.2) is 4.79 Å². The molecular weight excluding hydrogens is 218 g/mol. The summed E-state index contributed by atoms with van der Waals surface area (Å²) in [6.45, 7) is 6.07. The summed E-state index contributed by atoms with van der Waals surface area (Å²) in [4.78, 5) is 11.3. The number of ether oxygens (including phenoxy) is 1. The monoisotopic (exact) mass is 237 g/mol. The summed E-state index contributed by atoms with van der Waals surface area (Å²) in [5.74, 6) is 0. The van der Waals surface area contributed by atoms with E-state index in [0.717, 1.165) is 12.0 Å². The Morgan fingerprint density at radius 3 is 2.94 bits per heavy atom. The highest BCUT2D eigenvalue weighted by molar-refractivity contribution is 5.67. The third kappa shape index (κ3) is 6.40. The van der Waals surface area contributed by atoms with Crippen LogP contribution in [0.5, 0.6) is 0 Å². The first kappa shape index (κ1) is 13.3. The lowest BCUT2D eigenvalue weighted by atomic mass is 10.2. The van der Waals surface area contributed by atoms with Gasteiger partial charge in [-0.1, -0.05) is 12.2 Å². The summed E-state index contributed by atoms with van der Waals surface area (Å²) in [5.41, 5.74) is 0.568. The van der Waals surface area contributed by atoms with E-state index >= 15 is 0 Å². The lowest BCUT2D eigenvalue weighted by molar-refractivity contribution is 0.0529. The first-order valence-corrected chi connectivity index (χ1v) is 5.59. The molecule has 1 aromatic heterocycles. The Morgan fingerprint density at radius 2 is 2.35 bits per heavy atom. The summed E-state index contributed by atoms with van der Waals surface area (Å²) < 4.78 is 5.10. The van der Waals surface area contributed by atoms with Gasteiger partial charge in [-0.2, -0.15) is 5.10 Å². The minimum Gasteiger partial charge on any atom is -0.444 e. The van der Waals surface area contributed by atoms with Gasteiger partial charge in [-0.05, 0) is 27.2 Å². The normalized spacial score (nSPS) is 11.7. The average molecular weight is 237 g/mol. The van der Waals surface area contributed by atoms with E-state index in [0.29, 0.717) is 6.54 Å². The number of amides is 1. The van der Waals surface area contributed by atoms with Crippen molar-refractivity contribution in [2.24, 2.45) is 0 Å². The van der Waals surface area contributed by atoms with Gasteiger partial charge < -0.3 is 10.1 Å². The van der Waals surface area contributed by atoms with E-state index in [1.165, 1.54) is 0 Å². The summed E-state index contributed by atoms with van der Waals surface area (Å²) in [5, 5.41) is 9.23. The van der Waals surface area contributed by atoms with Crippen molar-refractivity contribution in [3.05, 3.63) is 24.0 Å². The minimum atomic E-state index is -0.448. The van der Waals surface area contributed by atoms with Gasteiger partial charge in [0.05, 0.1) is 6.20 Å². The zero-order valence-corrected chi connectivity index (χ0v) is 10.5. The maximum atomic E-state index is 11.3. The molecule has 5 heteroatoms. The molecule has 0 fully saturated rings. The number of nitrogens with zero attached hydrogens (tertiary/aromatic N) is 1. The largest absolute Gasteiger partial charge is 0.444 e. The third-order valence-electron chi connectivity index (χ3n) is 1.81. The molecule has 1 rings (SSSR count). The van der Waals surface area contributed by atoms with Crippen LogP contribution in [-0.4, -0.2) is 28.4 Å². The number of carbonyl (C=O) groups is 1. The fourth-order valence-electron chi connectivity index (χ4n) is 1.14. The smallest absolute Gasteiger partial charge is 0.407 e. The molecule has 0 saturated carbocycles. The molecule has 0 spiro atoms. The lowest BCUT2D eigenvalue weighted by Gasteiger charge is -2.19. The second-order valence-electron chi connectivity index (χ2n) is 4.65. The molecule has 0 unspecified atom stereocenters. The molecule has 17 heavy (non-hydrogen) atoms. The average Bonchev–Trinajstić information content (AvgIpc) is 2.67. The maximum Gasteiger partial charge on any atom is 0.407 e. The van der Waals surface area contributed by atoms with Crippen molar-refractivity contribution in [3.8, 4) is 0 Å². The quantitative estimate of drug-likeness (QED) is 0.790. The van der Waals surface area contributed by atoms with E-state index in [4.69, 9.17) is 4.74 Å². The Morgan fingerprint density at radius 1 is 1.59 bits per heavy atom. The number of carbonyl (C=O) groups excluding carboxylic acids is 1. The molecule has 1 amide bonds. The molecule has 0 atom stereocenters. The van der Waals surface area contributed by atoms with Gasteiger partial charge >= 0.3 is 6.09 Å². The molecule has 1 heterocycles. The first-order chi connectivity index (χ1) is 7.97. The van der Waals surface area contributed by atoms with E-state index in [1.54, 1.807) is 12.4 Å². The summed E-state index contributed by atoms with van der Waals surface area (Å²) in [6, 6.07) is 0. The topological polar surface area (TPSA) is 67.0 Å². The third-order valence-corrected chi connectivity index (χ3v) is 1.81. The highest BCUT2D eigenvalue weighted by Crippen LogP contribution is 2.06. The van der Waals surface area contributed by atoms with E-state index < -0.39 is 5.60 Å². The minimum absolute atomic E-state index is 0.380. The Labute approximate surface area is 101 Å². The molecule has 0 aliphatic heterocycles. The van der Waals surface area contributed by atoms with Crippen LogP contribution < -0.4 is 5.32 Å². The van der Waals surface area contributed by atoms with Crippen LogP contribution in [0.1, 0.15) is 32.8 Å². The molecule has 0 bridgehead atoms. The van der Waals surface area contributed by atoms with Crippen LogP contribution in [0.3, 0.4) is 0 Å². The van der Waals surface area contributed by atoms with Crippen molar-refractivity contribution >= 4 is 12.2 Å². The summed E-state index contributed by atoms with van der Waals surface area (Å²) in [6.07, 6.45) is 7.83. The number of rotatable bonds is 4. The van der Waals surface area contributed by atoms with E-state index in [9.17, 15) is 4.79 Å². The van der Waals surface area contributed by atoms with Gasteiger partial charge in [0.1, 0.15) is 5.60 Å². The van der Waals surface area contributed by atoms with Crippen LogP contribution in [0.4, 0.5) is 4.79 Å². The molecule has 94 valence electrons. The van der Waals surface area contributed by atoms with Crippen LogP contribution in [0.2, 0.25) is 0 Å². The molecule has 2 N–H and O–H groups in total. The second-order valence-corrected chi connectivity index (χ2v) is 4.65. The fraction of sp³-hybridized carbons (Fsp3) is 0.500. The number of hydrogen-bond donors (Lipinski definition) is 2. The van der Waals surface area contributed by atoms with Crippen LogP contribution in [0.15, 0.2) is 18.5 Å². The Bertz CT molecular complexity index is 364. The molecule has 0 aromatic carbocycles. The molecule has 0 saturated heterocycles. The highest BCUT2D eigenvalue weighted by Gasteiger charge is 2.14. The van der Waals surface area contributed by atoms with Crippen LogP contribution in [0.25, 0.3) is 6.08 Å². The van der Waals surface area contributed by atoms with Crippen molar-refractivity contribution in [2.45, 2.75) is 32.8 Å². The van der Waals surface area contributed by atoms with Crippen molar-refractivity contribution in [3.63, 3.8) is 0 Å². The molecule has 1 aromatic rings. The van der Waals surface area contributed by atoms with Crippen molar-refractivity contribution in [1.29, 1.82) is 0 Å². The zero-order valence-electron chi connectivity index (χ0n) is 10.5. The SMILES string of the molecule is CC(C)(C)OC(=O)NCCC=Cc1cn[nH]c1. The highest BCUT2D eigenvalue weighted by atomic mass is 16.6. The van der Waals surface area contributed by atoms with Crippen LogP contribution >= 0.6 is 0 Å². The van der Waals surface area contributed by atoms with E-state index in [-0.39, 0.29) is 6.09 Å². The van der Waals surface area contributed by atoms with Crippen molar-refractivity contribution in [2.75, 3.05) is 6.54 Å². The van der Waals surface area contributed by atoms with Gasteiger partial charge in [-0.15, -0.1) is 0 Å². The molecule has 0 radical (unpaired) electrons. The predicted molar refractivity (Wildman–Crippen MR) is 66.5 cm³/mol. The molecule has 0 aliphatic rings.